The topological polar surface area (TPSA) is 108 Å². The minimum atomic E-state index is -0.829. The van der Waals surface area contributed by atoms with Gasteiger partial charge in [-0.25, -0.2) is 0 Å². The van der Waals surface area contributed by atoms with Crippen LogP contribution < -0.4 is 15.4 Å². The third-order valence-corrected chi connectivity index (χ3v) is 11.6. The number of fused-ring (bicyclic) bond motifs is 2. The van der Waals surface area contributed by atoms with E-state index < -0.39 is 28.7 Å². The summed E-state index contributed by atoms with van der Waals surface area (Å²) < 4.78 is 4.74. The summed E-state index contributed by atoms with van der Waals surface area (Å²) in [6.07, 6.45) is 0.731. The van der Waals surface area contributed by atoms with Gasteiger partial charge in [0.05, 0.1) is 35.8 Å². The van der Waals surface area contributed by atoms with Gasteiger partial charge in [-0.3, -0.25) is 14.4 Å². The zero-order valence-electron chi connectivity index (χ0n) is 24.9. The van der Waals surface area contributed by atoms with Crippen molar-refractivity contribution in [1.29, 1.82) is 0 Å². The third kappa shape index (κ3) is 4.86. The van der Waals surface area contributed by atoms with Gasteiger partial charge in [0.25, 0.3) is 0 Å². The number of aliphatic hydroxyl groups is 1. The number of nitrogens with zero attached hydrogens (tertiary/aromatic N) is 1. The van der Waals surface area contributed by atoms with Crippen molar-refractivity contribution < 1.29 is 24.2 Å². The number of nitrogens with one attached hydrogen (secondary N) is 2. The highest BCUT2D eigenvalue weighted by molar-refractivity contribution is 8.02. The van der Waals surface area contributed by atoms with E-state index >= 15 is 0 Å². The highest BCUT2D eigenvalue weighted by Gasteiger charge is 2.76. The molecule has 3 aliphatic rings. The Morgan fingerprint density at radius 2 is 1.70 bits per heavy atom. The lowest BCUT2D eigenvalue weighted by molar-refractivity contribution is -0.142. The predicted molar refractivity (Wildman–Crippen MR) is 170 cm³/mol. The molecule has 0 aromatic heterocycles. The van der Waals surface area contributed by atoms with E-state index in [0.717, 1.165) is 22.9 Å². The normalized spacial score (nSPS) is 28.3. The Labute approximate surface area is 256 Å². The molecule has 3 saturated heterocycles. The van der Waals surface area contributed by atoms with E-state index in [-0.39, 0.29) is 41.4 Å². The number of hydrogen-bond acceptors (Lipinski definition) is 6. The third-order valence-electron chi connectivity index (χ3n) is 9.50. The first-order valence-corrected chi connectivity index (χ1v) is 16.0. The molecule has 3 amide bonds. The van der Waals surface area contributed by atoms with Crippen molar-refractivity contribution in [3.63, 3.8) is 0 Å². The highest BCUT2D eigenvalue weighted by Crippen LogP contribution is 2.69. The van der Waals surface area contributed by atoms with E-state index in [4.69, 9.17) is 4.74 Å². The van der Waals surface area contributed by atoms with Crippen molar-refractivity contribution in [1.82, 2.24) is 4.90 Å². The van der Waals surface area contributed by atoms with Gasteiger partial charge in [0.2, 0.25) is 17.7 Å². The Balaban J connectivity index is 1.35. The lowest BCUT2D eigenvalue weighted by Crippen LogP contribution is -2.57. The predicted octanol–water partition coefficient (Wildman–Crippen LogP) is 5.17. The zero-order chi connectivity index (χ0) is 30.5. The monoisotopic (exact) mass is 601 g/mol. The van der Waals surface area contributed by atoms with E-state index in [1.54, 1.807) is 28.8 Å². The molecule has 3 fully saturated rings. The maximum Gasteiger partial charge on any atom is 0.248 e. The summed E-state index contributed by atoms with van der Waals surface area (Å²) in [5.41, 5.74) is 1.28. The zero-order valence-corrected chi connectivity index (χ0v) is 25.8. The van der Waals surface area contributed by atoms with Gasteiger partial charge < -0.3 is 25.4 Å². The fraction of sp³-hybridized carbons (Fsp3) is 0.441. The molecule has 3 heterocycles. The van der Waals surface area contributed by atoms with E-state index in [0.29, 0.717) is 18.0 Å². The van der Waals surface area contributed by atoms with Gasteiger partial charge in [-0.15, -0.1) is 11.8 Å². The summed E-state index contributed by atoms with van der Waals surface area (Å²) in [7, 11) is 0. The van der Waals surface area contributed by atoms with Crippen LogP contribution in [-0.4, -0.2) is 63.0 Å². The van der Waals surface area contributed by atoms with Crippen LogP contribution in [0.3, 0.4) is 0 Å². The summed E-state index contributed by atoms with van der Waals surface area (Å²) in [5.74, 6) is -1.33. The molecule has 2 bridgehead atoms. The van der Waals surface area contributed by atoms with Crippen LogP contribution in [0.25, 0.3) is 10.8 Å². The van der Waals surface area contributed by atoms with Crippen molar-refractivity contribution in [2.75, 3.05) is 23.8 Å². The Kier molecular flexibility index (Phi) is 7.89. The number of ether oxygens (including phenoxy) is 1. The maximum absolute atomic E-state index is 14.5. The van der Waals surface area contributed by atoms with E-state index in [1.165, 1.54) is 0 Å². The molecular weight excluding hydrogens is 562 g/mol. The number of aliphatic hydroxyl groups excluding tert-OH is 1. The van der Waals surface area contributed by atoms with E-state index in [9.17, 15) is 19.5 Å². The van der Waals surface area contributed by atoms with Crippen LogP contribution in [0.1, 0.15) is 34.1 Å². The summed E-state index contributed by atoms with van der Waals surface area (Å²) in [6, 6.07) is 19.5. The first kappa shape index (κ1) is 29.5. The quantitative estimate of drug-likeness (QED) is 0.312. The number of hydrogen-bond donors (Lipinski definition) is 3. The van der Waals surface area contributed by atoms with Crippen LogP contribution in [0.4, 0.5) is 11.4 Å². The average molecular weight is 602 g/mol. The standard InChI is InChI=1S/C34H39N3O5S/c1-5-42-25-14-12-23(13-15-25)35-31(39)28-27-16-20(4)34(43-27)29(28)33(41)37(26(18-38)19(2)3)30(34)32(40)36-24-11-10-21-8-6-7-9-22(21)17-24/h6-15,17,19-20,26-30,38H,5,16,18H2,1-4H3,(H,35,39)(H,36,40)/t20?,26-,27+,28-,29-,30?,34?/m0/s1. The lowest BCUT2D eigenvalue weighted by Gasteiger charge is -2.40. The molecule has 0 saturated carbocycles. The molecule has 3 N–H and O–H groups in total. The van der Waals surface area contributed by atoms with Crippen molar-refractivity contribution in [2.45, 2.75) is 56.2 Å². The first-order chi connectivity index (χ1) is 20.7. The first-order valence-electron chi connectivity index (χ1n) is 15.1. The molecule has 3 unspecified atom stereocenters. The van der Waals surface area contributed by atoms with Gasteiger partial charge in [-0.1, -0.05) is 51.1 Å². The number of likely N-dealkylation sites (tertiary alicyclic amines) is 1. The van der Waals surface area contributed by atoms with Gasteiger partial charge in [-0.05, 0) is 72.4 Å². The maximum atomic E-state index is 14.5. The molecule has 43 heavy (non-hydrogen) atoms. The van der Waals surface area contributed by atoms with Crippen LogP contribution in [-0.2, 0) is 14.4 Å². The summed E-state index contributed by atoms with van der Waals surface area (Å²) >= 11 is 1.62. The Morgan fingerprint density at radius 1 is 1.02 bits per heavy atom. The van der Waals surface area contributed by atoms with Gasteiger partial charge >= 0.3 is 0 Å². The molecule has 226 valence electrons. The summed E-state index contributed by atoms with van der Waals surface area (Å²) in [6.45, 7) is 8.18. The largest absolute Gasteiger partial charge is 0.494 e. The number of thioether (sulfide) groups is 1. The van der Waals surface area contributed by atoms with Crippen molar-refractivity contribution in [2.24, 2.45) is 23.7 Å². The van der Waals surface area contributed by atoms with E-state index in [1.807, 2.05) is 75.4 Å². The second-order valence-electron chi connectivity index (χ2n) is 12.3. The lowest BCUT2D eigenvalue weighted by atomic mass is 9.66. The smallest absolute Gasteiger partial charge is 0.248 e. The Hall–Kier alpha value is -3.56. The minimum absolute atomic E-state index is 0.0230. The fourth-order valence-corrected chi connectivity index (χ4v) is 9.95. The average Bonchev–Trinajstić information content (AvgIpc) is 3.58. The van der Waals surface area contributed by atoms with Crippen molar-refractivity contribution in [3.8, 4) is 5.75 Å². The van der Waals surface area contributed by atoms with Crippen molar-refractivity contribution >= 4 is 51.6 Å². The van der Waals surface area contributed by atoms with Crippen LogP contribution in [0.5, 0.6) is 5.75 Å². The molecule has 1 spiro atoms. The number of amides is 3. The van der Waals surface area contributed by atoms with Gasteiger partial charge in [0.1, 0.15) is 11.8 Å². The van der Waals surface area contributed by atoms with Gasteiger partial charge in [0, 0.05) is 16.6 Å². The number of carbonyl (C=O) groups excluding carboxylic acids is 3. The molecule has 8 nitrogen and oxygen atoms in total. The number of carbonyl (C=O) groups is 3. The molecule has 7 atom stereocenters. The summed E-state index contributed by atoms with van der Waals surface area (Å²) in [4.78, 5) is 44.4. The second-order valence-corrected chi connectivity index (χ2v) is 13.8. The highest BCUT2D eigenvalue weighted by atomic mass is 32.2. The van der Waals surface area contributed by atoms with Gasteiger partial charge in [0.15, 0.2) is 0 Å². The molecule has 3 aromatic carbocycles. The number of benzene rings is 3. The minimum Gasteiger partial charge on any atom is -0.494 e. The van der Waals surface area contributed by atoms with Crippen molar-refractivity contribution in [3.05, 3.63) is 66.7 Å². The molecule has 0 radical (unpaired) electrons. The van der Waals surface area contributed by atoms with Crippen LogP contribution in [0, 0.1) is 23.7 Å². The Bertz CT molecular complexity index is 1540. The molecular formula is C34H39N3O5S. The number of rotatable bonds is 9. The number of anilines is 2. The van der Waals surface area contributed by atoms with Crippen LogP contribution in [0.2, 0.25) is 0 Å². The Morgan fingerprint density at radius 3 is 2.37 bits per heavy atom. The molecule has 3 aromatic rings. The van der Waals surface area contributed by atoms with E-state index in [2.05, 4.69) is 17.6 Å². The van der Waals surface area contributed by atoms with Crippen LogP contribution >= 0.6 is 11.8 Å². The molecule has 3 aliphatic heterocycles. The molecule has 9 heteroatoms. The molecule has 0 aliphatic carbocycles. The fourth-order valence-electron chi connectivity index (χ4n) is 7.54. The summed E-state index contributed by atoms with van der Waals surface area (Å²) in [5, 5.41) is 18.6. The van der Waals surface area contributed by atoms with Gasteiger partial charge in [-0.2, -0.15) is 0 Å². The second kappa shape index (κ2) is 11.5. The molecule has 6 rings (SSSR count). The van der Waals surface area contributed by atoms with Crippen LogP contribution in [0.15, 0.2) is 66.7 Å². The SMILES string of the molecule is CCOc1ccc(NC(=O)[C@@H]2[C@H]3C(=O)N([C@@H](CO)C(C)C)C(C(=O)Nc4ccc5ccccc5c4)C34S[C@@H]2CC4C)cc1.